The number of rotatable bonds is 5. The van der Waals surface area contributed by atoms with E-state index in [1.54, 1.807) is 25.6 Å². The Bertz CT molecular complexity index is 954. The van der Waals surface area contributed by atoms with Crippen LogP contribution in [-0.4, -0.2) is 49.2 Å². The van der Waals surface area contributed by atoms with Crippen molar-refractivity contribution in [2.45, 2.75) is 0 Å². The molecule has 0 spiro atoms. The number of benzene rings is 2. The maximum atomic E-state index is 12.4. The lowest BCUT2D eigenvalue weighted by atomic mass is 10.2. The Morgan fingerprint density at radius 1 is 0.931 bits per heavy atom. The van der Waals surface area contributed by atoms with E-state index >= 15 is 0 Å². The highest BCUT2D eigenvalue weighted by Gasteiger charge is 2.19. The fourth-order valence-corrected chi connectivity index (χ4v) is 3.31. The van der Waals surface area contributed by atoms with Crippen molar-refractivity contribution in [1.29, 1.82) is 0 Å². The molecule has 0 atom stereocenters. The number of piperazine rings is 1. The van der Waals surface area contributed by atoms with Gasteiger partial charge in [-0.05, 0) is 24.3 Å². The number of aromatic nitrogens is 2. The quantitative estimate of drug-likeness (QED) is 0.723. The number of nitrogens with zero attached hydrogens (tertiary/aromatic N) is 4. The molecular formula is C22H23N5O2. The van der Waals surface area contributed by atoms with Gasteiger partial charge in [0, 0.05) is 56.0 Å². The van der Waals surface area contributed by atoms with Gasteiger partial charge in [-0.3, -0.25) is 4.79 Å². The van der Waals surface area contributed by atoms with Crippen LogP contribution in [0.25, 0.3) is 0 Å². The zero-order valence-electron chi connectivity index (χ0n) is 16.3. The maximum Gasteiger partial charge on any atom is 0.258 e. The van der Waals surface area contributed by atoms with E-state index in [1.165, 1.54) is 5.69 Å². The van der Waals surface area contributed by atoms with E-state index in [-0.39, 0.29) is 5.91 Å². The minimum atomic E-state index is -0.251. The Morgan fingerprint density at radius 3 is 2.31 bits per heavy atom. The fraction of sp³-hybridized carbons (Fsp3) is 0.227. The first-order valence-corrected chi connectivity index (χ1v) is 9.55. The van der Waals surface area contributed by atoms with E-state index in [4.69, 9.17) is 4.74 Å². The highest BCUT2D eigenvalue weighted by Crippen LogP contribution is 2.19. The van der Waals surface area contributed by atoms with E-state index < -0.39 is 0 Å². The van der Waals surface area contributed by atoms with Crippen LogP contribution in [0.3, 0.4) is 0 Å². The van der Waals surface area contributed by atoms with Gasteiger partial charge in [0.15, 0.2) is 0 Å². The third kappa shape index (κ3) is 4.45. The van der Waals surface area contributed by atoms with Crippen molar-refractivity contribution in [2.24, 2.45) is 0 Å². The van der Waals surface area contributed by atoms with Crippen LogP contribution in [0.4, 0.5) is 17.3 Å². The predicted octanol–water partition coefficient (Wildman–Crippen LogP) is 3.06. The van der Waals surface area contributed by atoms with E-state index in [2.05, 4.69) is 49.4 Å². The molecule has 1 aliphatic heterocycles. The molecule has 2 heterocycles. The van der Waals surface area contributed by atoms with Crippen molar-refractivity contribution < 1.29 is 9.53 Å². The molecule has 2 aromatic carbocycles. The third-order valence-electron chi connectivity index (χ3n) is 4.91. The predicted molar refractivity (Wildman–Crippen MR) is 114 cm³/mol. The molecule has 0 bridgehead atoms. The summed E-state index contributed by atoms with van der Waals surface area (Å²) in [6.45, 7) is 3.49. The van der Waals surface area contributed by atoms with Gasteiger partial charge in [0.2, 0.25) is 5.95 Å². The lowest BCUT2D eigenvalue weighted by molar-refractivity contribution is 0.102. The van der Waals surface area contributed by atoms with Gasteiger partial charge < -0.3 is 19.9 Å². The first-order chi connectivity index (χ1) is 14.2. The van der Waals surface area contributed by atoms with Crippen molar-refractivity contribution in [3.8, 4) is 5.75 Å². The summed E-state index contributed by atoms with van der Waals surface area (Å²) in [6, 6.07) is 17.6. The molecule has 1 amide bonds. The summed E-state index contributed by atoms with van der Waals surface area (Å²) in [7, 11) is 1.59. The van der Waals surface area contributed by atoms with E-state index in [9.17, 15) is 4.79 Å². The zero-order valence-corrected chi connectivity index (χ0v) is 16.3. The monoisotopic (exact) mass is 389 g/mol. The first-order valence-electron chi connectivity index (χ1n) is 9.55. The Morgan fingerprint density at radius 2 is 1.62 bits per heavy atom. The van der Waals surface area contributed by atoms with Crippen LogP contribution >= 0.6 is 0 Å². The van der Waals surface area contributed by atoms with Crippen LogP contribution in [-0.2, 0) is 0 Å². The van der Waals surface area contributed by atoms with Crippen molar-refractivity contribution in [3.63, 3.8) is 0 Å². The number of hydrogen-bond donors (Lipinski definition) is 1. The van der Waals surface area contributed by atoms with E-state index in [1.807, 2.05) is 24.3 Å². The van der Waals surface area contributed by atoms with Gasteiger partial charge >= 0.3 is 0 Å². The minimum Gasteiger partial charge on any atom is -0.497 e. The summed E-state index contributed by atoms with van der Waals surface area (Å²) in [5.41, 5.74) is 2.31. The molecule has 0 aliphatic carbocycles. The summed E-state index contributed by atoms with van der Waals surface area (Å²) in [6.07, 6.45) is 3.14. The van der Waals surface area contributed by atoms with Crippen LogP contribution < -0.4 is 19.9 Å². The molecule has 0 radical (unpaired) electrons. The third-order valence-corrected chi connectivity index (χ3v) is 4.91. The van der Waals surface area contributed by atoms with Crippen molar-refractivity contribution >= 4 is 23.2 Å². The topological polar surface area (TPSA) is 70.6 Å². The Balaban J connectivity index is 1.36. The molecule has 7 heteroatoms. The van der Waals surface area contributed by atoms with E-state index in [0.29, 0.717) is 22.9 Å². The molecule has 29 heavy (non-hydrogen) atoms. The van der Waals surface area contributed by atoms with Crippen molar-refractivity contribution in [3.05, 3.63) is 72.6 Å². The molecular weight excluding hydrogens is 366 g/mol. The normalized spacial score (nSPS) is 13.8. The Kier molecular flexibility index (Phi) is 5.56. The number of hydrogen-bond acceptors (Lipinski definition) is 6. The van der Waals surface area contributed by atoms with Gasteiger partial charge in [-0.25, -0.2) is 9.97 Å². The van der Waals surface area contributed by atoms with Crippen LogP contribution in [0.2, 0.25) is 0 Å². The Labute approximate surface area is 170 Å². The highest BCUT2D eigenvalue weighted by molar-refractivity contribution is 6.04. The van der Waals surface area contributed by atoms with Crippen LogP contribution in [0.15, 0.2) is 67.0 Å². The molecule has 1 aliphatic rings. The maximum absolute atomic E-state index is 12.4. The molecule has 1 aromatic heterocycles. The number of nitrogens with one attached hydrogen (secondary N) is 1. The summed E-state index contributed by atoms with van der Waals surface area (Å²) in [4.78, 5) is 25.8. The van der Waals surface area contributed by atoms with Crippen molar-refractivity contribution in [2.75, 3.05) is 48.4 Å². The van der Waals surface area contributed by atoms with Crippen molar-refractivity contribution in [1.82, 2.24) is 9.97 Å². The van der Waals surface area contributed by atoms with Crippen LogP contribution in [0, 0.1) is 0 Å². The second-order valence-electron chi connectivity index (χ2n) is 6.77. The second-order valence-corrected chi connectivity index (χ2v) is 6.77. The lowest BCUT2D eigenvalue weighted by Gasteiger charge is -2.36. The van der Waals surface area contributed by atoms with Gasteiger partial charge in [-0.15, -0.1) is 0 Å². The molecule has 3 aromatic rings. The summed E-state index contributed by atoms with van der Waals surface area (Å²) < 4.78 is 5.18. The fourth-order valence-electron chi connectivity index (χ4n) is 3.31. The zero-order chi connectivity index (χ0) is 20.1. The summed E-state index contributed by atoms with van der Waals surface area (Å²) >= 11 is 0. The number of methoxy groups -OCH3 is 1. The smallest absolute Gasteiger partial charge is 0.258 e. The first kappa shape index (κ1) is 18.7. The number of anilines is 3. The average molecular weight is 389 g/mol. The molecule has 4 rings (SSSR count). The second kappa shape index (κ2) is 8.60. The van der Waals surface area contributed by atoms with E-state index in [0.717, 1.165) is 26.2 Å². The number of ether oxygens (including phenoxy) is 1. The summed E-state index contributed by atoms with van der Waals surface area (Å²) in [5, 5.41) is 2.84. The van der Waals surface area contributed by atoms with Gasteiger partial charge in [0.25, 0.3) is 5.91 Å². The largest absolute Gasteiger partial charge is 0.497 e. The number of carbonyl (C=O) groups is 1. The molecule has 1 saturated heterocycles. The molecule has 1 N–H and O–H groups in total. The summed E-state index contributed by atoms with van der Waals surface area (Å²) in [5.74, 6) is 1.08. The molecule has 0 unspecified atom stereocenters. The molecule has 7 nitrogen and oxygen atoms in total. The molecule has 148 valence electrons. The minimum absolute atomic E-state index is 0.251. The van der Waals surface area contributed by atoms with Crippen LogP contribution in [0.1, 0.15) is 10.4 Å². The van der Waals surface area contributed by atoms with Gasteiger partial charge in [-0.2, -0.15) is 0 Å². The molecule has 1 fully saturated rings. The number of carbonyl (C=O) groups excluding carboxylic acids is 1. The average Bonchev–Trinajstić information content (AvgIpc) is 2.80. The van der Waals surface area contributed by atoms with Crippen LogP contribution in [0.5, 0.6) is 5.75 Å². The van der Waals surface area contributed by atoms with Gasteiger partial charge in [0.1, 0.15) is 5.75 Å². The standard InChI is InChI=1S/C22H23N5O2/c1-29-20-9-5-6-18(14-20)25-21(28)17-15-23-22(24-16-17)27-12-10-26(11-13-27)19-7-3-2-4-8-19/h2-9,14-16H,10-13H2,1H3,(H,25,28). The SMILES string of the molecule is COc1cccc(NC(=O)c2cnc(N3CCN(c4ccccc4)CC3)nc2)c1. The number of para-hydroxylation sites is 1. The van der Waals surface area contributed by atoms with Gasteiger partial charge in [0.05, 0.1) is 12.7 Å². The lowest BCUT2D eigenvalue weighted by Crippen LogP contribution is -2.47. The number of amides is 1. The Hall–Kier alpha value is -3.61. The van der Waals surface area contributed by atoms with Gasteiger partial charge in [-0.1, -0.05) is 24.3 Å². The molecule has 0 saturated carbocycles. The highest BCUT2D eigenvalue weighted by atomic mass is 16.5.